The quantitative estimate of drug-likeness (QED) is 0.714. The van der Waals surface area contributed by atoms with Gasteiger partial charge in [-0.25, -0.2) is 4.98 Å². The Morgan fingerprint density at radius 3 is 2.80 bits per heavy atom. The molecular formula is C16H20N6O3. The van der Waals surface area contributed by atoms with E-state index in [4.69, 9.17) is 5.73 Å². The molecule has 0 bridgehead atoms. The summed E-state index contributed by atoms with van der Waals surface area (Å²) < 4.78 is 0. The zero-order valence-corrected chi connectivity index (χ0v) is 13.6. The minimum atomic E-state index is -0.923. The molecule has 0 aliphatic carbocycles. The summed E-state index contributed by atoms with van der Waals surface area (Å²) in [7, 11) is 0. The van der Waals surface area contributed by atoms with E-state index in [0.717, 1.165) is 5.56 Å². The Hall–Kier alpha value is -2.94. The lowest BCUT2D eigenvalue weighted by atomic mass is 10.1. The van der Waals surface area contributed by atoms with E-state index in [0.29, 0.717) is 37.7 Å². The number of carboxylic acid groups (broad SMARTS) is 1. The first-order chi connectivity index (χ1) is 12.0. The molecule has 0 saturated carbocycles. The molecule has 1 fully saturated rings. The third kappa shape index (κ3) is 3.94. The largest absolute Gasteiger partial charge is 0.481 e. The van der Waals surface area contributed by atoms with Gasteiger partial charge >= 0.3 is 5.97 Å². The van der Waals surface area contributed by atoms with Gasteiger partial charge in [0.1, 0.15) is 11.5 Å². The third-order valence-electron chi connectivity index (χ3n) is 4.29. The number of amides is 1. The number of aliphatic carboxylic acids is 1. The average molecular weight is 344 g/mol. The second kappa shape index (κ2) is 7.31. The molecule has 1 amide bonds. The SMILES string of the molecule is Nc1ncccc1CN1CCN(C(=O)c2ccn[nH]2)C[C@@H](C(=O)O)C1. The molecule has 2 aromatic heterocycles. The number of carbonyl (C=O) groups is 2. The first-order valence-electron chi connectivity index (χ1n) is 7.97. The number of hydrogen-bond donors (Lipinski definition) is 3. The second-order valence-electron chi connectivity index (χ2n) is 6.04. The Balaban J connectivity index is 1.75. The monoisotopic (exact) mass is 344 g/mol. The molecule has 1 atom stereocenters. The van der Waals surface area contributed by atoms with Gasteiger partial charge in [0.15, 0.2) is 0 Å². The van der Waals surface area contributed by atoms with E-state index in [1.807, 2.05) is 11.0 Å². The molecule has 1 saturated heterocycles. The maximum absolute atomic E-state index is 12.5. The lowest BCUT2D eigenvalue weighted by Gasteiger charge is -2.22. The van der Waals surface area contributed by atoms with Crippen LogP contribution in [0.5, 0.6) is 0 Å². The maximum Gasteiger partial charge on any atom is 0.309 e. The van der Waals surface area contributed by atoms with Gasteiger partial charge in [-0.1, -0.05) is 6.07 Å². The molecule has 25 heavy (non-hydrogen) atoms. The molecule has 132 valence electrons. The van der Waals surface area contributed by atoms with Crippen LogP contribution in [0.1, 0.15) is 16.1 Å². The Morgan fingerprint density at radius 1 is 1.28 bits per heavy atom. The van der Waals surface area contributed by atoms with E-state index < -0.39 is 11.9 Å². The minimum absolute atomic E-state index is 0.159. The van der Waals surface area contributed by atoms with Gasteiger partial charge in [0.25, 0.3) is 5.91 Å². The summed E-state index contributed by atoms with van der Waals surface area (Å²) in [5.41, 5.74) is 7.08. The zero-order valence-electron chi connectivity index (χ0n) is 13.6. The van der Waals surface area contributed by atoms with Crippen molar-refractivity contribution in [2.24, 2.45) is 5.92 Å². The fourth-order valence-electron chi connectivity index (χ4n) is 2.94. The molecule has 0 radical (unpaired) electrons. The average Bonchev–Trinajstić information content (AvgIpc) is 3.04. The highest BCUT2D eigenvalue weighted by molar-refractivity contribution is 5.92. The number of hydrogen-bond acceptors (Lipinski definition) is 6. The molecule has 1 aliphatic heterocycles. The molecule has 3 rings (SSSR count). The van der Waals surface area contributed by atoms with Gasteiger partial charge < -0.3 is 15.7 Å². The molecule has 2 aromatic rings. The van der Waals surface area contributed by atoms with Crippen molar-refractivity contribution in [2.75, 3.05) is 31.9 Å². The highest BCUT2D eigenvalue weighted by Crippen LogP contribution is 2.17. The van der Waals surface area contributed by atoms with Crippen molar-refractivity contribution < 1.29 is 14.7 Å². The molecule has 0 aromatic carbocycles. The first kappa shape index (κ1) is 16.9. The number of aromatic amines is 1. The number of nitrogens with two attached hydrogens (primary N) is 1. The normalized spacial score (nSPS) is 18.7. The van der Waals surface area contributed by atoms with Gasteiger partial charge in [0.05, 0.1) is 5.92 Å². The van der Waals surface area contributed by atoms with Crippen LogP contribution in [-0.2, 0) is 11.3 Å². The number of nitrogen functional groups attached to an aromatic ring is 1. The van der Waals surface area contributed by atoms with Crippen LogP contribution in [0.2, 0.25) is 0 Å². The molecule has 0 unspecified atom stereocenters. The van der Waals surface area contributed by atoms with E-state index in [9.17, 15) is 14.7 Å². The highest BCUT2D eigenvalue weighted by atomic mass is 16.4. The standard InChI is InChI=1S/C16H20N6O3/c17-14-11(2-1-4-18-14)8-21-6-7-22(10-12(9-21)16(24)25)15(23)13-3-5-19-20-13/h1-5,12H,6-10H2,(H2,17,18)(H,19,20)(H,24,25)/t12-/m0/s1. The lowest BCUT2D eigenvalue weighted by molar-refractivity contribution is -0.142. The third-order valence-corrected chi connectivity index (χ3v) is 4.29. The fourth-order valence-corrected chi connectivity index (χ4v) is 2.94. The fraction of sp³-hybridized carbons (Fsp3) is 0.375. The summed E-state index contributed by atoms with van der Waals surface area (Å²) in [5, 5.41) is 15.9. The van der Waals surface area contributed by atoms with Gasteiger partial charge in [-0.3, -0.25) is 19.6 Å². The van der Waals surface area contributed by atoms with Gasteiger partial charge in [-0.05, 0) is 12.1 Å². The number of rotatable bonds is 4. The molecule has 9 heteroatoms. The number of carbonyl (C=O) groups excluding carboxylic acids is 1. The Kier molecular flexibility index (Phi) is 4.94. The Labute approximate surface area is 144 Å². The van der Waals surface area contributed by atoms with E-state index in [-0.39, 0.29) is 12.5 Å². The number of pyridine rings is 1. The zero-order chi connectivity index (χ0) is 17.8. The number of nitrogens with one attached hydrogen (secondary N) is 1. The Morgan fingerprint density at radius 2 is 2.12 bits per heavy atom. The molecule has 1 aliphatic rings. The summed E-state index contributed by atoms with van der Waals surface area (Å²) in [5.74, 6) is -1.41. The number of carboxylic acids is 1. The van der Waals surface area contributed by atoms with Crippen LogP contribution in [-0.4, -0.2) is 68.1 Å². The van der Waals surface area contributed by atoms with Crippen molar-refractivity contribution in [1.29, 1.82) is 0 Å². The molecule has 9 nitrogen and oxygen atoms in total. The van der Waals surface area contributed by atoms with Crippen molar-refractivity contribution in [3.63, 3.8) is 0 Å². The van der Waals surface area contributed by atoms with Crippen molar-refractivity contribution in [1.82, 2.24) is 25.0 Å². The van der Waals surface area contributed by atoms with Crippen LogP contribution in [0.4, 0.5) is 5.82 Å². The number of H-pyrrole nitrogens is 1. The number of anilines is 1. The van der Waals surface area contributed by atoms with Gasteiger partial charge in [-0.2, -0.15) is 5.10 Å². The molecule has 0 spiro atoms. The molecule has 3 heterocycles. The molecule has 4 N–H and O–H groups in total. The summed E-state index contributed by atoms with van der Waals surface area (Å²) in [4.78, 5) is 31.7. The van der Waals surface area contributed by atoms with Crippen LogP contribution in [0.15, 0.2) is 30.6 Å². The van der Waals surface area contributed by atoms with E-state index in [1.54, 1.807) is 23.2 Å². The van der Waals surface area contributed by atoms with Crippen molar-refractivity contribution in [2.45, 2.75) is 6.54 Å². The predicted molar refractivity (Wildman–Crippen MR) is 89.5 cm³/mol. The van der Waals surface area contributed by atoms with Crippen molar-refractivity contribution in [3.05, 3.63) is 41.9 Å². The maximum atomic E-state index is 12.5. The van der Waals surface area contributed by atoms with Gasteiger partial charge in [-0.15, -0.1) is 0 Å². The van der Waals surface area contributed by atoms with Gasteiger partial charge in [0.2, 0.25) is 0 Å². The summed E-state index contributed by atoms with van der Waals surface area (Å²) in [6.45, 7) is 1.98. The summed E-state index contributed by atoms with van der Waals surface area (Å²) in [6, 6.07) is 5.25. The van der Waals surface area contributed by atoms with Crippen LogP contribution < -0.4 is 5.73 Å². The van der Waals surface area contributed by atoms with E-state index >= 15 is 0 Å². The highest BCUT2D eigenvalue weighted by Gasteiger charge is 2.31. The summed E-state index contributed by atoms with van der Waals surface area (Å²) in [6.07, 6.45) is 3.11. The van der Waals surface area contributed by atoms with Crippen molar-refractivity contribution in [3.8, 4) is 0 Å². The van der Waals surface area contributed by atoms with E-state index in [2.05, 4.69) is 15.2 Å². The Bertz CT molecular complexity index is 748. The van der Waals surface area contributed by atoms with Crippen LogP contribution >= 0.6 is 0 Å². The summed E-state index contributed by atoms with van der Waals surface area (Å²) >= 11 is 0. The smallest absolute Gasteiger partial charge is 0.309 e. The second-order valence-corrected chi connectivity index (χ2v) is 6.04. The van der Waals surface area contributed by atoms with Crippen LogP contribution in [0.25, 0.3) is 0 Å². The van der Waals surface area contributed by atoms with Crippen LogP contribution in [0, 0.1) is 5.92 Å². The molecular weight excluding hydrogens is 324 g/mol. The topological polar surface area (TPSA) is 128 Å². The van der Waals surface area contributed by atoms with Gasteiger partial charge in [0, 0.05) is 50.7 Å². The van der Waals surface area contributed by atoms with E-state index in [1.165, 1.54) is 6.20 Å². The lowest BCUT2D eigenvalue weighted by Crippen LogP contribution is -2.38. The number of aromatic nitrogens is 3. The van der Waals surface area contributed by atoms with Crippen molar-refractivity contribution >= 4 is 17.7 Å². The van der Waals surface area contributed by atoms with Crippen LogP contribution in [0.3, 0.4) is 0 Å². The predicted octanol–water partition coefficient (Wildman–Crippen LogP) is 0.0457. The number of nitrogens with zero attached hydrogens (tertiary/aromatic N) is 4. The first-order valence-corrected chi connectivity index (χ1v) is 7.97. The minimum Gasteiger partial charge on any atom is -0.481 e.